The Morgan fingerprint density at radius 1 is 1.38 bits per heavy atom. The molecule has 0 spiro atoms. The molecule has 0 radical (unpaired) electrons. The van der Waals surface area contributed by atoms with Crippen LogP contribution in [-0.2, 0) is 0 Å². The number of carbonyl (C=O) groups is 1. The number of carbonyl (C=O) groups excluding carboxylic acids is 1. The Labute approximate surface area is 90.5 Å². The summed E-state index contributed by atoms with van der Waals surface area (Å²) in [6.07, 6.45) is 0. The van der Waals surface area contributed by atoms with E-state index in [2.05, 4.69) is 15.2 Å². The zero-order valence-corrected chi connectivity index (χ0v) is 8.87. The van der Waals surface area contributed by atoms with E-state index in [1.54, 1.807) is 13.8 Å². The molecule has 82 valence electrons. The maximum Gasteiger partial charge on any atom is 0.269 e. The van der Waals surface area contributed by atoms with Gasteiger partial charge in [0.05, 0.1) is 5.69 Å². The number of primary amides is 1. The predicted molar refractivity (Wildman–Crippen MR) is 58.2 cm³/mol. The summed E-state index contributed by atoms with van der Waals surface area (Å²) in [5.41, 5.74) is 6.20. The van der Waals surface area contributed by atoms with Crippen LogP contribution in [0.2, 0.25) is 0 Å². The Bertz CT molecular complexity index is 645. The number of nitrogens with one attached hydrogen (secondary N) is 1. The Balaban J connectivity index is 3.04. The number of aryl methyl sites for hydroxylation is 2. The fourth-order valence-corrected chi connectivity index (χ4v) is 1.75. The summed E-state index contributed by atoms with van der Waals surface area (Å²) in [6.45, 7) is 3.49. The second-order valence-electron chi connectivity index (χ2n) is 3.55. The van der Waals surface area contributed by atoms with Crippen LogP contribution in [0.25, 0.3) is 10.8 Å². The highest BCUT2D eigenvalue weighted by Crippen LogP contribution is 2.19. The molecule has 6 heteroatoms. The Hall–Kier alpha value is -2.24. The van der Waals surface area contributed by atoms with E-state index in [-0.39, 0.29) is 11.3 Å². The lowest BCUT2D eigenvalue weighted by Gasteiger charge is -2.06. The molecule has 0 atom stereocenters. The minimum Gasteiger partial charge on any atom is -0.364 e. The molecule has 0 aromatic carbocycles. The van der Waals surface area contributed by atoms with E-state index in [9.17, 15) is 9.59 Å². The molecule has 2 rings (SSSR count). The molecule has 2 aromatic heterocycles. The first kappa shape index (κ1) is 10.3. The zero-order chi connectivity index (χ0) is 11.9. The van der Waals surface area contributed by atoms with Crippen molar-refractivity contribution >= 4 is 16.7 Å². The Kier molecular flexibility index (Phi) is 2.19. The maximum atomic E-state index is 11.3. The van der Waals surface area contributed by atoms with Crippen molar-refractivity contribution in [3.05, 3.63) is 33.5 Å². The summed E-state index contributed by atoms with van der Waals surface area (Å²) in [4.78, 5) is 25.1. The maximum absolute atomic E-state index is 11.3. The van der Waals surface area contributed by atoms with Crippen LogP contribution in [-0.4, -0.2) is 21.1 Å². The summed E-state index contributed by atoms with van der Waals surface area (Å²) in [5.74, 6) is -0.692. The average Bonchev–Trinajstić information content (AvgIpc) is 2.15. The van der Waals surface area contributed by atoms with Gasteiger partial charge in [0.2, 0.25) is 5.56 Å². The van der Waals surface area contributed by atoms with Gasteiger partial charge in [0.25, 0.3) is 5.91 Å². The number of hydrogen-bond acceptors (Lipinski definition) is 4. The van der Waals surface area contributed by atoms with E-state index >= 15 is 0 Å². The van der Waals surface area contributed by atoms with Crippen molar-refractivity contribution in [3.8, 4) is 0 Å². The van der Waals surface area contributed by atoms with Gasteiger partial charge in [-0.2, -0.15) is 5.10 Å². The largest absolute Gasteiger partial charge is 0.364 e. The molecular weight excluding hydrogens is 208 g/mol. The first-order valence-corrected chi connectivity index (χ1v) is 4.67. The van der Waals surface area contributed by atoms with E-state index < -0.39 is 5.91 Å². The third kappa shape index (κ3) is 1.44. The van der Waals surface area contributed by atoms with Crippen molar-refractivity contribution in [1.82, 2.24) is 15.2 Å². The highest BCUT2D eigenvalue weighted by Gasteiger charge is 2.13. The van der Waals surface area contributed by atoms with Gasteiger partial charge in [-0.3, -0.25) is 9.59 Å². The number of H-pyrrole nitrogens is 1. The van der Waals surface area contributed by atoms with E-state index in [1.165, 1.54) is 6.07 Å². The van der Waals surface area contributed by atoms with Crippen molar-refractivity contribution in [3.63, 3.8) is 0 Å². The Morgan fingerprint density at radius 3 is 2.69 bits per heavy atom. The van der Waals surface area contributed by atoms with E-state index in [0.717, 1.165) is 0 Å². The van der Waals surface area contributed by atoms with E-state index in [1.807, 2.05) is 0 Å². The average molecular weight is 218 g/mol. The molecule has 0 aliphatic heterocycles. The second kappa shape index (κ2) is 3.41. The van der Waals surface area contributed by atoms with Crippen LogP contribution in [0.5, 0.6) is 0 Å². The van der Waals surface area contributed by atoms with Crippen LogP contribution in [0, 0.1) is 13.8 Å². The molecule has 0 saturated heterocycles. The highest BCUT2D eigenvalue weighted by atomic mass is 16.1. The minimum absolute atomic E-state index is 0.0230. The number of aromatic amines is 1. The van der Waals surface area contributed by atoms with Crippen LogP contribution < -0.4 is 11.3 Å². The Morgan fingerprint density at radius 2 is 2.06 bits per heavy atom. The molecule has 0 unspecified atom stereocenters. The molecular formula is C10H10N4O2. The van der Waals surface area contributed by atoms with Gasteiger partial charge in [-0.05, 0) is 13.8 Å². The van der Waals surface area contributed by atoms with Gasteiger partial charge in [-0.1, -0.05) is 0 Å². The van der Waals surface area contributed by atoms with E-state index in [4.69, 9.17) is 5.73 Å². The van der Waals surface area contributed by atoms with Crippen LogP contribution in [0.4, 0.5) is 0 Å². The van der Waals surface area contributed by atoms with Crippen molar-refractivity contribution in [2.75, 3.05) is 0 Å². The van der Waals surface area contributed by atoms with Gasteiger partial charge in [0.15, 0.2) is 5.69 Å². The molecule has 0 saturated carbocycles. The fraction of sp³-hybridized carbons (Fsp3) is 0.200. The normalized spacial score (nSPS) is 10.6. The van der Waals surface area contributed by atoms with Gasteiger partial charge >= 0.3 is 0 Å². The first-order valence-electron chi connectivity index (χ1n) is 4.67. The predicted octanol–water partition coefficient (Wildman–Crippen LogP) is 0.0338. The smallest absolute Gasteiger partial charge is 0.269 e. The third-order valence-corrected chi connectivity index (χ3v) is 2.38. The first-order chi connectivity index (χ1) is 7.50. The molecule has 2 heterocycles. The number of fused-ring (bicyclic) bond motifs is 1. The lowest BCUT2D eigenvalue weighted by molar-refractivity contribution is 0.0996. The minimum atomic E-state index is -0.692. The van der Waals surface area contributed by atoms with Crippen molar-refractivity contribution in [2.24, 2.45) is 5.73 Å². The summed E-state index contributed by atoms with van der Waals surface area (Å²) >= 11 is 0. The van der Waals surface area contributed by atoms with E-state index in [0.29, 0.717) is 22.2 Å². The molecule has 16 heavy (non-hydrogen) atoms. The standard InChI is InChI=1S/C10H10N4O2/c1-4-8-5(2)13-14-9(10(11)16)6(8)3-7(15)12-4/h3H,1-2H3,(H2,11,16)(H,12,15). The zero-order valence-electron chi connectivity index (χ0n) is 8.87. The fourth-order valence-electron chi connectivity index (χ4n) is 1.75. The van der Waals surface area contributed by atoms with Gasteiger partial charge in [0, 0.05) is 22.5 Å². The highest BCUT2D eigenvalue weighted by molar-refractivity contribution is 6.05. The number of aromatic nitrogens is 3. The molecule has 1 amide bonds. The van der Waals surface area contributed by atoms with Crippen LogP contribution in [0.15, 0.2) is 10.9 Å². The van der Waals surface area contributed by atoms with Gasteiger partial charge in [-0.25, -0.2) is 0 Å². The molecule has 0 aliphatic carbocycles. The third-order valence-electron chi connectivity index (χ3n) is 2.38. The molecule has 6 nitrogen and oxygen atoms in total. The van der Waals surface area contributed by atoms with Gasteiger partial charge < -0.3 is 10.7 Å². The molecule has 3 N–H and O–H groups in total. The van der Waals surface area contributed by atoms with Gasteiger partial charge in [-0.15, -0.1) is 5.10 Å². The SMILES string of the molecule is Cc1nnc(C(N)=O)c2cc(=O)[nH]c(C)c12. The lowest BCUT2D eigenvalue weighted by atomic mass is 10.1. The topological polar surface area (TPSA) is 102 Å². The van der Waals surface area contributed by atoms with Crippen molar-refractivity contribution in [2.45, 2.75) is 13.8 Å². The van der Waals surface area contributed by atoms with Crippen molar-refractivity contribution < 1.29 is 4.79 Å². The van der Waals surface area contributed by atoms with Gasteiger partial charge in [0.1, 0.15) is 0 Å². The number of rotatable bonds is 1. The molecule has 0 fully saturated rings. The van der Waals surface area contributed by atoms with Crippen LogP contribution in [0.1, 0.15) is 21.9 Å². The van der Waals surface area contributed by atoms with Crippen LogP contribution >= 0.6 is 0 Å². The summed E-state index contributed by atoms with van der Waals surface area (Å²) in [6, 6.07) is 1.31. The van der Waals surface area contributed by atoms with Crippen molar-refractivity contribution in [1.29, 1.82) is 0 Å². The quantitative estimate of drug-likeness (QED) is 0.705. The summed E-state index contributed by atoms with van der Waals surface area (Å²) < 4.78 is 0. The summed E-state index contributed by atoms with van der Waals surface area (Å²) in [5, 5.41) is 8.71. The number of hydrogen-bond donors (Lipinski definition) is 2. The molecule has 2 aromatic rings. The van der Waals surface area contributed by atoms with Crippen LogP contribution in [0.3, 0.4) is 0 Å². The monoisotopic (exact) mass is 218 g/mol. The number of amides is 1. The number of nitrogens with two attached hydrogens (primary N) is 1. The number of nitrogens with zero attached hydrogens (tertiary/aromatic N) is 2. The molecule has 0 aliphatic rings. The second-order valence-corrected chi connectivity index (χ2v) is 3.55. The summed E-state index contributed by atoms with van der Waals surface area (Å²) in [7, 11) is 0. The molecule has 0 bridgehead atoms. The number of pyridine rings is 1. The lowest BCUT2D eigenvalue weighted by Crippen LogP contribution is -2.17.